The van der Waals surface area contributed by atoms with Crippen molar-refractivity contribution in [1.82, 2.24) is 10.3 Å². The zero-order valence-corrected chi connectivity index (χ0v) is 13.0. The lowest BCUT2D eigenvalue weighted by atomic mass is 10.1. The molecule has 0 saturated carbocycles. The van der Waals surface area contributed by atoms with Gasteiger partial charge in [0, 0.05) is 30.1 Å². The highest BCUT2D eigenvalue weighted by atomic mass is 32.1. The van der Waals surface area contributed by atoms with E-state index < -0.39 is 0 Å². The molecule has 6 heteroatoms. The number of thiazole rings is 1. The van der Waals surface area contributed by atoms with Crippen LogP contribution in [-0.4, -0.2) is 31.0 Å². The molecule has 22 heavy (non-hydrogen) atoms. The molecule has 1 atom stereocenters. The smallest absolute Gasteiger partial charge is 0.231 e. The third kappa shape index (κ3) is 2.95. The molecule has 0 bridgehead atoms. The Labute approximate surface area is 133 Å². The van der Waals surface area contributed by atoms with E-state index in [1.54, 1.807) is 11.3 Å². The van der Waals surface area contributed by atoms with Gasteiger partial charge in [0.25, 0.3) is 0 Å². The van der Waals surface area contributed by atoms with Crippen LogP contribution in [0.5, 0.6) is 11.5 Å². The average molecular weight is 318 g/mol. The van der Waals surface area contributed by atoms with E-state index in [4.69, 9.17) is 19.2 Å². The van der Waals surface area contributed by atoms with Gasteiger partial charge in [-0.25, -0.2) is 4.98 Å². The summed E-state index contributed by atoms with van der Waals surface area (Å²) >= 11 is 1.66. The molecule has 1 N–H and O–H groups in total. The molecule has 116 valence electrons. The maximum atomic E-state index is 5.48. The Morgan fingerprint density at radius 1 is 1.27 bits per heavy atom. The number of hydrogen-bond acceptors (Lipinski definition) is 6. The van der Waals surface area contributed by atoms with E-state index in [1.165, 1.54) is 6.42 Å². The average Bonchev–Trinajstić information content (AvgIpc) is 3.22. The molecule has 1 aromatic carbocycles. The number of fused-ring (bicyclic) bond motifs is 1. The van der Waals surface area contributed by atoms with Crippen molar-refractivity contribution < 1.29 is 14.2 Å². The van der Waals surface area contributed by atoms with Crippen molar-refractivity contribution in [2.24, 2.45) is 0 Å². The highest BCUT2D eigenvalue weighted by molar-refractivity contribution is 7.13. The fraction of sp³-hybridized carbons (Fsp3) is 0.438. The molecule has 0 amide bonds. The second-order valence-corrected chi connectivity index (χ2v) is 6.37. The molecule has 2 aromatic rings. The van der Waals surface area contributed by atoms with Crippen LogP contribution in [0.25, 0.3) is 10.6 Å². The molecule has 1 aromatic heterocycles. The van der Waals surface area contributed by atoms with Crippen molar-refractivity contribution >= 4 is 11.3 Å². The minimum Gasteiger partial charge on any atom is -0.454 e. The first-order valence-corrected chi connectivity index (χ1v) is 8.42. The van der Waals surface area contributed by atoms with Gasteiger partial charge in [-0.2, -0.15) is 0 Å². The molecular weight excluding hydrogens is 300 g/mol. The summed E-state index contributed by atoms with van der Waals surface area (Å²) in [7, 11) is 0. The maximum absolute atomic E-state index is 5.48. The van der Waals surface area contributed by atoms with E-state index >= 15 is 0 Å². The summed E-state index contributed by atoms with van der Waals surface area (Å²) in [5, 5.41) is 6.64. The molecule has 2 aliphatic heterocycles. The highest BCUT2D eigenvalue weighted by Gasteiger charge is 2.16. The Morgan fingerprint density at radius 3 is 3.14 bits per heavy atom. The van der Waals surface area contributed by atoms with Crippen molar-refractivity contribution in [1.29, 1.82) is 0 Å². The van der Waals surface area contributed by atoms with E-state index in [0.29, 0.717) is 12.8 Å². The first-order valence-electron chi connectivity index (χ1n) is 7.54. The lowest BCUT2D eigenvalue weighted by Crippen LogP contribution is -2.36. The Kier molecular flexibility index (Phi) is 3.97. The van der Waals surface area contributed by atoms with Gasteiger partial charge in [0.05, 0.1) is 12.3 Å². The van der Waals surface area contributed by atoms with Crippen LogP contribution in [-0.2, 0) is 11.3 Å². The maximum Gasteiger partial charge on any atom is 0.231 e. The van der Waals surface area contributed by atoms with Crippen LogP contribution in [0.3, 0.4) is 0 Å². The number of ether oxygens (including phenoxy) is 3. The minimum absolute atomic E-state index is 0.301. The van der Waals surface area contributed by atoms with Crippen LogP contribution in [0.2, 0.25) is 0 Å². The molecule has 0 spiro atoms. The van der Waals surface area contributed by atoms with Gasteiger partial charge < -0.3 is 19.5 Å². The molecule has 1 unspecified atom stereocenters. The molecule has 4 rings (SSSR count). The Hall–Kier alpha value is -1.63. The molecule has 3 heterocycles. The Balaban J connectivity index is 1.42. The first-order chi connectivity index (χ1) is 10.9. The quantitative estimate of drug-likeness (QED) is 0.939. The monoisotopic (exact) mass is 318 g/mol. The third-order valence-corrected chi connectivity index (χ3v) is 4.84. The molecule has 0 radical (unpaired) electrons. The molecular formula is C16H18N2O3S. The number of hydrogen-bond donors (Lipinski definition) is 1. The van der Waals surface area contributed by atoms with E-state index in [-0.39, 0.29) is 0 Å². The zero-order chi connectivity index (χ0) is 14.8. The predicted molar refractivity (Wildman–Crippen MR) is 84.4 cm³/mol. The molecule has 1 saturated heterocycles. The van der Waals surface area contributed by atoms with E-state index in [9.17, 15) is 0 Å². The summed E-state index contributed by atoms with van der Waals surface area (Å²) in [4.78, 5) is 4.71. The topological polar surface area (TPSA) is 52.6 Å². The van der Waals surface area contributed by atoms with Gasteiger partial charge in [-0.15, -0.1) is 11.3 Å². The normalized spacial score (nSPS) is 20.3. The SMILES string of the molecule is c1cc2c(cc1-c1nc(CNC3CCCOC3)cs1)OCO2. The number of benzene rings is 1. The van der Waals surface area contributed by atoms with Crippen LogP contribution in [0.4, 0.5) is 0 Å². The molecule has 5 nitrogen and oxygen atoms in total. The number of aromatic nitrogens is 1. The fourth-order valence-corrected chi connectivity index (χ4v) is 3.52. The standard InChI is InChI=1S/C16H18N2O3S/c1-2-12(8-19-5-1)17-7-13-9-22-16(18-13)11-3-4-14-15(6-11)21-10-20-14/h3-4,6,9,12,17H,1-2,5,7-8,10H2. The first kappa shape index (κ1) is 14.0. The van der Waals surface area contributed by atoms with Crippen molar-refractivity contribution in [3.63, 3.8) is 0 Å². The van der Waals surface area contributed by atoms with Gasteiger partial charge >= 0.3 is 0 Å². The summed E-state index contributed by atoms with van der Waals surface area (Å²) in [6.45, 7) is 2.78. The second-order valence-electron chi connectivity index (χ2n) is 5.51. The minimum atomic E-state index is 0.301. The zero-order valence-electron chi connectivity index (χ0n) is 12.2. The fourth-order valence-electron chi connectivity index (χ4n) is 2.70. The lowest BCUT2D eigenvalue weighted by Gasteiger charge is -2.22. The van der Waals surface area contributed by atoms with E-state index in [1.807, 2.05) is 18.2 Å². The Bertz CT molecular complexity index is 653. The Morgan fingerprint density at radius 2 is 2.23 bits per heavy atom. The van der Waals surface area contributed by atoms with Crippen molar-refractivity contribution in [3.8, 4) is 22.1 Å². The van der Waals surface area contributed by atoms with Crippen molar-refractivity contribution in [2.75, 3.05) is 20.0 Å². The van der Waals surface area contributed by atoms with E-state index in [0.717, 1.165) is 53.9 Å². The van der Waals surface area contributed by atoms with Gasteiger partial charge in [-0.05, 0) is 31.0 Å². The molecule has 2 aliphatic rings. The van der Waals surface area contributed by atoms with Crippen molar-refractivity contribution in [2.45, 2.75) is 25.4 Å². The van der Waals surface area contributed by atoms with Gasteiger partial charge in [0.15, 0.2) is 11.5 Å². The number of nitrogens with zero attached hydrogens (tertiary/aromatic N) is 1. The van der Waals surface area contributed by atoms with Crippen LogP contribution < -0.4 is 14.8 Å². The molecule has 0 aliphatic carbocycles. The lowest BCUT2D eigenvalue weighted by molar-refractivity contribution is 0.0698. The van der Waals surface area contributed by atoms with Crippen molar-refractivity contribution in [3.05, 3.63) is 29.3 Å². The largest absolute Gasteiger partial charge is 0.454 e. The summed E-state index contributed by atoms with van der Waals surface area (Å²) in [5.74, 6) is 1.60. The summed E-state index contributed by atoms with van der Waals surface area (Å²) in [6, 6.07) is 6.41. The summed E-state index contributed by atoms with van der Waals surface area (Å²) < 4.78 is 16.2. The van der Waals surface area contributed by atoms with Gasteiger partial charge in [-0.3, -0.25) is 0 Å². The van der Waals surface area contributed by atoms with Crippen LogP contribution in [0.1, 0.15) is 18.5 Å². The highest BCUT2D eigenvalue weighted by Crippen LogP contribution is 2.36. The van der Waals surface area contributed by atoms with Gasteiger partial charge in [0.2, 0.25) is 6.79 Å². The van der Waals surface area contributed by atoms with E-state index in [2.05, 4.69) is 10.7 Å². The third-order valence-electron chi connectivity index (χ3n) is 3.90. The van der Waals surface area contributed by atoms with Crippen LogP contribution >= 0.6 is 11.3 Å². The number of nitrogens with one attached hydrogen (secondary N) is 1. The summed E-state index contributed by atoms with van der Waals surface area (Å²) in [5.41, 5.74) is 2.14. The van der Waals surface area contributed by atoms with Gasteiger partial charge in [0.1, 0.15) is 5.01 Å². The second kappa shape index (κ2) is 6.24. The molecule has 1 fully saturated rings. The van der Waals surface area contributed by atoms with Crippen LogP contribution in [0.15, 0.2) is 23.6 Å². The summed E-state index contributed by atoms with van der Waals surface area (Å²) in [6.07, 6.45) is 2.32. The predicted octanol–water partition coefficient (Wildman–Crippen LogP) is 2.81. The number of rotatable bonds is 4. The van der Waals surface area contributed by atoms with Crippen LogP contribution in [0, 0.1) is 0 Å². The van der Waals surface area contributed by atoms with Gasteiger partial charge in [-0.1, -0.05) is 0 Å².